The summed E-state index contributed by atoms with van der Waals surface area (Å²) < 4.78 is 0. The van der Waals surface area contributed by atoms with Gasteiger partial charge in [0.1, 0.15) is 0 Å². The molecule has 0 radical (unpaired) electrons. The van der Waals surface area contributed by atoms with Gasteiger partial charge in [-0.2, -0.15) is 0 Å². The first-order valence-electron chi connectivity index (χ1n) is 11.8. The van der Waals surface area contributed by atoms with Crippen LogP contribution in [0.25, 0.3) is 6.08 Å². The largest absolute Gasteiger partial charge is 0.348 e. The van der Waals surface area contributed by atoms with Gasteiger partial charge in [0.15, 0.2) is 0 Å². The van der Waals surface area contributed by atoms with E-state index in [2.05, 4.69) is 22.3 Å². The molecule has 1 atom stereocenters. The third-order valence-electron chi connectivity index (χ3n) is 6.55. The summed E-state index contributed by atoms with van der Waals surface area (Å²) in [6, 6.07) is 20.1. The molecule has 5 nitrogen and oxygen atoms in total. The molecule has 2 saturated heterocycles. The van der Waals surface area contributed by atoms with Crippen molar-refractivity contribution in [2.75, 3.05) is 32.7 Å². The van der Waals surface area contributed by atoms with Gasteiger partial charge >= 0.3 is 0 Å². The van der Waals surface area contributed by atoms with Crippen molar-refractivity contribution in [1.29, 1.82) is 0 Å². The average Bonchev–Trinajstić information content (AvgIpc) is 3.36. The number of nitrogens with zero attached hydrogens (tertiary/aromatic N) is 2. The van der Waals surface area contributed by atoms with Crippen LogP contribution in [0.3, 0.4) is 0 Å². The molecule has 2 aliphatic rings. The van der Waals surface area contributed by atoms with E-state index in [0.29, 0.717) is 25.9 Å². The molecular formula is C27H33N3O2. The molecule has 1 N–H and O–H groups in total. The maximum Gasteiger partial charge on any atom is 0.246 e. The normalized spacial score (nSPS) is 18.7. The van der Waals surface area contributed by atoms with Crippen molar-refractivity contribution >= 4 is 17.9 Å². The summed E-state index contributed by atoms with van der Waals surface area (Å²) in [5.74, 6) is 0.0934. The fourth-order valence-corrected chi connectivity index (χ4v) is 4.63. The number of benzene rings is 2. The Labute approximate surface area is 191 Å². The molecule has 0 aliphatic carbocycles. The average molecular weight is 432 g/mol. The molecule has 2 amide bonds. The number of hydrogen-bond acceptors (Lipinski definition) is 3. The first-order chi connectivity index (χ1) is 15.7. The molecule has 2 aromatic carbocycles. The van der Waals surface area contributed by atoms with Gasteiger partial charge in [-0.3, -0.25) is 9.59 Å². The first-order valence-corrected chi connectivity index (χ1v) is 11.8. The molecule has 5 heteroatoms. The molecule has 2 fully saturated rings. The Kier molecular flexibility index (Phi) is 7.73. The highest BCUT2D eigenvalue weighted by Gasteiger charge is 2.29. The minimum Gasteiger partial charge on any atom is -0.348 e. The van der Waals surface area contributed by atoms with Crippen LogP contribution in [0.1, 0.15) is 42.9 Å². The molecule has 0 spiro atoms. The third-order valence-corrected chi connectivity index (χ3v) is 6.55. The van der Waals surface area contributed by atoms with Crippen molar-refractivity contribution in [2.24, 2.45) is 5.92 Å². The highest BCUT2D eigenvalue weighted by Crippen LogP contribution is 2.22. The second kappa shape index (κ2) is 11.1. The number of piperidine rings is 1. The third kappa shape index (κ3) is 6.07. The van der Waals surface area contributed by atoms with Gasteiger partial charge in [-0.15, -0.1) is 0 Å². The lowest BCUT2D eigenvalue weighted by Crippen LogP contribution is -2.44. The summed E-state index contributed by atoms with van der Waals surface area (Å²) in [5.41, 5.74) is 2.17. The summed E-state index contributed by atoms with van der Waals surface area (Å²) >= 11 is 0. The van der Waals surface area contributed by atoms with E-state index in [4.69, 9.17) is 0 Å². The Morgan fingerprint density at radius 2 is 1.53 bits per heavy atom. The predicted molar refractivity (Wildman–Crippen MR) is 128 cm³/mol. The van der Waals surface area contributed by atoms with Crippen LogP contribution in [0.4, 0.5) is 0 Å². The summed E-state index contributed by atoms with van der Waals surface area (Å²) in [7, 11) is 0. The molecule has 168 valence electrons. The van der Waals surface area contributed by atoms with Crippen LogP contribution in [0.15, 0.2) is 66.7 Å². The maximum atomic E-state index is 13.1. The van der Waals surface area contributed by atoms with Crippen LogP contribution < -0.4 is 5.32 Å². The van der Waals surface area contributed by atoms with E-state index in [-0.39, 0.29) is 23.8 Å². The van der Waals surface area contributed by atoms with E-state index in [0.717, 1.165) is 30.8 Å². The Balaban J connectivity index is 1.30. The van der Waals surface area contributed by atoms with Gasteiger partial charge in [0, 0.05) is 31.6 Å². The number of carbonyl (C=O) groups is 2. The molecule has 32 heavy (non-hydrogen) atoms. The van der Waals surface area contributed by atoms with Crippen LogP contribution >= 0.6 is 0 Å². The van der Waals surface area contributed by atoms with Gasteiger partial charge in [-0.25, -0.2) is 0 Å². The minimum atomic E-state index is -0.0399. The number of likely N-dealkylation sites (tertiary alicyclic amines) is 2. The van der Waals surface area contributed by atoms with Crippen molar-refractivity contribution < 1.29 is 9.59 Å². The summed E-state index contributed by atoms with van der Waals surface area (Å²) in [6.45, 7) is 4.32. The van der Waals surface area contributed by atoms with Crippen LogP contribution in [-0.4, -0.2) is 54.3 Å². The highest BCUT2D eigenvalue weighted by atomic mass is 16.2. The molecule has 2 aromatic rings. The smallest absolute Gasteiger partial charge is 0.246 e. The van der Waals surface area contributed by atoms with E-state index in [9.17, 15) is 9.59 Å². The summed E-state index contributed by atoms with van der Waals surface area (Å²) in [6.07, 6.45) is 7.38. The van der Waals surface area contributed by atoms with Crippen molar-refractivity contribution in [3.63, 3.8) is 0 Å². The fraction of sp³-hybridized carbons (Fsp3) is 0.407. The molecular weight excluding hydrogens is 398 g/mol. The van der Waals surface area contributed by atoms with Gasteiger partial charge in [-0.05, 0) is 56.0 Å². The van der Waals surface area contributed by atoms with Gasteiger partial charge < -0.3 is 15.1 Å². The second-order valence-corrected chi connectivity index (χ2v) is 8.82. The Bertz CT molecular complexity index is 899. The maximum absolute atomic E-state index is 13.1. The Morgan fingerprint density at radius 1 is 0.906 bits per heavy atom. The zero-order valence-electron chi connectivity index (χ0n) is 18.7. The molecule has 4 rings (SSSR count). The van der Waals surface area contributed by atoms with Crippen molar-refractivity contribution in [2.45, 2.75) is 31.7 Å². The quantitative estimate of drug-likeness (QED) is 0.677. The van der Waals surface area contributed by atoms with E-state index in [1.54, 1.807) is 6.08 Å². The monoisotopic (exact) mass is 431 g/mol. The Morgan fingerprint density at radius 3 is 2.19 bits per heavy atom. The highest BCUT2D eigenvalue weighted by molar-refractivity contribution is 5.92. The Hall–Kier alpha value is -2.92. The molecule has 1 unspecified atom stereocenters. The number of rotatable bonds is 7. The first kappa shape index (κ1) is 22.3. The number of amides is 2. The van der Waals surface area contributed by atoms with Crippen molar-refractivity contribution in [3.05, 3.63) is 77.9 Å². The number of nitrogens with one attached hydrogen (secondary N) is 1. The van der Waals surface area contributed by atoms with Crippen molar-refractivity contribution in [3.8, 4) is 0 Å². The zero-order chi connectivity index (χ0) is 22.2. The van der Waals surface area contributed by atoms with E-state index >= 15 is 0 Å². The van der Waals surface area contributed by atoms with Gasteiger partial charge in [0.25, 0.3) is 0 Å². The van der Waals surface area contributed by atoms with Gasteiger partial charge in [0.05, 0.1) is 6.04 Å². The van der Waals surface area contributed by atoms with Crippen LogP contribution in [0.5, 0.6) is 0 Å². The predicted octanol–water partition coefficient (Wildman–Crippen LogP) is 3.89. The van der Waals surface area contributed by atoms with Gasteiger partial charge in [-0.1, -0.05) is 60.7 Å². The number of hydrogen-bond donors (Lipinski definition) is 1. The standard InChI is InChI=1S/C27H33N3O2/c31-26(14-13-22-9-3-1-4-10-22)30-19-15-24(16-20-30)27(32)28-25(21-29-17-7-8-18-29)23-11-5-2-6-12-23/h1-6,9-14,24-25H,7-8,15-21H2,(H,28,32). The van der Waals surface area contributed by atoms with Gasteiger partial charge in [0.2, 0.25) is 11.8 Å². The number of carbonyl (C=O) groups excluding carboxylic acids is 2. The van der Waals surface area contributed by atoms with E-state index in [1.807, 2.05) is 59.5 Å². The lowest BCUT2D eigenvalue weighted by Gasteiger charge is -2.32. The zero-order valence-corrected chi connectivity index (χ0v) is 18.7. The molecule has 2 aliphatic heterocycles. The SMILES string of the molecule is O=C(NC(CN1CCCC1)c1ccccc1)C1CCN(C(=O)C=Cc2ccccc2)CC1. The molecule has 2 heterocycles. The lowest BCUT2D eigenvalue weighted by atomic mass is 9.94. The van der Waals surface area contributed by atoms with Crippen LogP contribution in [0, 0.1) is 5.92 Å². The minimum absolute atomic E-state index is 0.00951. The summed E-state index contributed by atoms with van der Waals surface area (Å²) in [4.78, 5) is 29.9. The fourth-order valence-electron chi connectivity index (χ4n) is 4.63. The molecule has 0 saturated carbocycles. The van der Waals surface area contributed by atoms with E-state index in [1.165, 1.54) is 12.8 Å². The lowest BCUT2D eigenvalue weighted by molar-refractivity contribution is -0.132. The van der Waals surface area contributed by atoms with E-state index < -0.39 is 0 Å². The summed E-state index contributed by atoms with van der Waals surface area (Å²) in [5, 5.41) is 3.32. The van der Waals surface area contributed by atoms with Crippen LogP contribution in [0.2, 0.25) is 0 Å². The van der Waals surface area contributed by atoms with Crippen molar-refractivity contribution in [1.82, 2.24) is 15.1 Å². The van der Waals surface area contributed by atoms with Crippen LogP contribution in [-0.2, 0) is 9.59 Å². The molecule has 0 bridgehead atoms. The molecule has 0 aromatic heterocycles. The second-order valence-electron chi connectivity index (χ2n) is 8.82. The topological polar surface area (TPSA) is 52.7 Å².